The average Bonchev–Trinajstić information content (AvgIpc) is 2.66. The number of likely N-dealkylation sites (tertiary alicyclic amines) is 1. The molecule has 0 aliphatic carbocycles. The first-order valence-electron chi connectivity index (χ1n) is 9.49. The molecule has 142 valence electrons. The van der Waals surface area contributed by atoms with Crippen molar-refractivity contribution in [3.63, 3.8) is 0 Å². The number of methoxy groups -OCH3 is 1. The summed E-state index contributed by atoms with van der Waals surface area (Å²) in [4.78, 5) is 2.42. The first kappa shape index (κ1) is 19.3. The van der Waals surface area contributed by atoms with Crippen molar-refractivity contribution < 1.29 is 13.2 Å². The average molecular weight is 376 g/mol. The lowest BCUT2D eigenvalue weighted by Gasteiger charge is -2.31. The molecule has 1 fully saturated rings. The summed E-state index contributed by atoms with van der Waals surface area (Å²) in [5.74, 6) is 0.401. The Morgan fingerprint density at radius 3 is 2.54 bits per heavy atom. The highest BCUT2D eigenvalue weighted by Gasteiger charge is 2.18. The van der Waals surface area contributed by atoms with Gasteiger partial charge in [0.05, 0.1) is 17.6 Å². The predicted octanol–water partition coefficient (Wildman–Crippen LogP) is 3.65. The van der Waals surface area contributed by atoms with E-state index in [9.17, 15) is 8.42 Å². The van der Waals surface area contributed by atoms with Gasteiger partial charge in [-0.05, 0) is 48.6 Å². The Hall–Kier alpha value is -1.43. The molecule has 0 amide bonds. The van der Waals surface area contributed by atoms with Gasteiger partial charge in [-0.1, -0.05) is 42.5 Å². The lowest BCUT2D eigenvalue weighted by molar-refractivity contribution is 0.0408. The molecule has 0 saturated carbocycles. The van der Waals surface area contributed by atoms with E-state index in [1.165, 1.54) is 0 Å². The summed E-state index contributed by atoms with van der Waals surface area (Å²) in [6.07, 6.45) is 4.22. The van der Waals surface area contributed by atoms with E-state index < -0.39 is 9.84 Å². The molecule has 0 spiro atoms. The Morgan fingerprint density at radius 2 is 1.77 bits per heavy atom. The smallest absolute Gasteiger partial charge is 0.154 e. The molecule has 26 heavy (non-hydrogen) atoms. The van der Waals surface area contributed by atoms with E-state index in [0.29, 0.717) is 6.10 Å². The largest absolute Gasteiger partial charge is 0.381 e. The highest BCUT2D eigenvalue weighted by Crippen LogP contribution is 2.21. The van der Waals surface area contributed by atoms with Crippen molar-refractivity contribution in [2.45, 2.75) is 37.5 Å². The number of fused-ring (bicyclic) bond motifs is 1. The van der Waals surface area contributed by atoms with Gasteiger partial charge in [0, 0.05) is 20.2 Å². The highest BCUT2D eigenvalue weighted by molar-refractivity contribution is 7.90. The molecule has 2 aromatic rings. The second-order valence-corrected chi connectivity index (χ2v) is 9.40. The fourth-order valence-electron chi connectivity index (χ4n) is 3.75. The molecule has 3 rings (SSSR count). The number of nitrogens with zero attached hydrogens (tertiary/aromatic N) is 1. The van der Waals surface area contributed by atoms with Gasteiger partial charge in [0.15, 0.2) is 9.84 Å². The van der Waals surface area contributed by atoms with Crippen molar-refractivity contribution >= 4 is 20.6 Å². The molecular formula is C21H29NO3S. The number of piperidine rings is 1. The second-order valence-electron chi connectivity index (χ2n) is 7.21. The van der Waals surface area contributed by atoms with Gasteiger partial charge in [-0.2, -0.15) is 0 Å². The molecule has 2 aromatic carbocycles. The maximum atomic E-state index is 12.5. The normalized spacial score (nSPS) is 17.0. The first-order chi connectivity index (χ1) is 12.6. The third kappa shape index (κ3) is 5.29. The van der Waals surface area contributed by atoms with Gasteiger partial charge in [0.2, 0.25) is 0 Å². The van der Waals surface area contributed by atoms with Gasteiger partial charge in [0.1, 0.15) is 0 Å². The number of rotatable bonds is 8. The molecule has 0 bridgehead atoms. The molecular weight excluding hydrogens is 346 g/mol. The van der Waals surface area contributed by atoms with Gasteiger partial charge in [-0.25, -0.2) is 8.42 Å². The van der Waals surface area contributed by atoms with Crippen LogP contribution >= 0.6 is 0 Å². The van der Waals surface area contributed by atoms with E-state index in [4.69, 9.17) is 4.74 Å². The summed E-state index contributed by atoms with van der Waals surface area (Å²) < 4.78 is 30.5. The van der Waals surface area contributed by atoms with Gasteiger partial charge in [-0.3, -0.25) is 0 Å². The lowest BCUT2D eigenvalue weighted by atomic mass is 10.1. The molecule has 1 heterocycles. The third-order valence-electron chi connectivity index (χ3n) is 5.30. The van der Waals surface area contributed by atoms with E-state index in [1.54, 1.807) is 7.11 Å². The van der Waals surface area contributed by atoms with E-state index in [2.05, 4.69) is 4.90 Å². The Kier molecular flexibility index (Phi) is 6.68. The van der Waals surface area contributed by atoms with Gasteiger partial charge in [0.25, 0.3) is 0 Å². The van der Waals surface area contributed by atoms with Crippen LogP contribution in [-0.4, -0.2) is 51.9 Å². The van der Waals surface area contributed by atoms with Crippen LogP contribution in [0.5, 0.6) is 0 Å². The maximum Gasteiger partial charge on any atom is 0.154 e. The number of sulfone groups is 1. The number of ether oxygens (including phenoxy) is 1. The number of hydrogen-bond acceptors (Lipinski definition) is 4. The number of unbranched alkanes of at least 4 members (excludes halogenated alkanes) is 1. The SMILES string of the molecule is COC1CCN(CCCCS(=O)(=O)Cc2cccc3ccccc23)CC1. The van der Waals surface area contributed by atoms with Gasteiger partial charge in [-0.15, -0.1) is 0 Å². The molecule has 0 atom stereocenters. The van der Waals surface area contributed by atoms with E-state index in [1.807, 2.05) is 42.5 Å². The fourth-order valence-corrected chi connectivity index (χ4v) is 5.27. The molecule has 0 aromatic heterocycles. The Balaban J connectivity index is 1.47. The zero-order valence-electron chi connectivity index (χ0n) is 15.6. The topological polar surface area (TPSA) is 46.6 Å². The molecule has 1 aliphatic rings. The highest BCUT2D eigenvalue weighted by atomic mass is 32.2. The predicted molar refractivity (Wildman–Crippen MR) is 107 cm³/mol. The van der Waals surface area contributed by atoms with Crippen LogP contribution in [0, 0.1) is 0 Å². The van der Waals surface area contributed by atoms with Crippen molar-refractivity contribution in [2.75, 3.05) is 32.5 Å². The van der Waals surface area contributed by atoms with Crippen LogP contribution < -0.4 is 0 Å². The standard InChI is InChI=1S/C21H29NO3S/c1-25-20-11-14-22(15-12-20)13-4-5-16-26(23,24)17-19-9-6-8-18-7-2-3-10-21(18)19/h2-3,6-10,20H,4-5,11-17H2,1H3. The van der Waals surface area contributed by atoms with Crippen LogP contribution in [-0.2, 0) is 20.3 Å². The van der Waals surface area contributed by atoms with Crippen LogP contribution in [0.15, 0.2) is 42.5 Å². The van der Waals surface area contributed by atoms with Crippen LogP contribution in [0.25, 0.3) is 10.8 Å². The van der Waals surface area contributed by atoms with Crippen LogP contribution in [0.3, 0.4) is 0 Å². The number of hydrogen-bond donors (Lipinski definition) is 0. The summed E-state index contributed by atoms with van der Waals surface area (Å²) in [6.45, 7) is 3.10. The van der Waals surface area contributed by atoms with Crippen molar-refractivity contribution in [3.05, 3.63) is 48.0 Å². The monoisotopic (exact) mass is 375 g/mol. The minimum Gasteiger partial charge on any atom is -0.381 e. The Morgan fingerprint density at radius 1 is 1.04 bits per heavy atom. The minimum atomic E-state index is -3.08. The minimum absolute atomic E-state index is 0.133. The van der Waals surface area contributed by atoms with E-state index >= 15 is 0 Å². The van der Waals surface area contributed by atoms with E-state index in [0.717, 1.165) is 61.7 Å². The molecule has 0 N–H and O–H groups in total. The summed E-state index contributed by atoms with van der Waals surface area (Å²) in [5, 5.41) is 2.14. The Labute approximate surface area is 157 Å². The van der Waals surface area contributed by atoms with E-state index in [-0.39, 0.29) is 11.5 Å². The third-order valence-corrected chi connectivity index (χ3v) is 6.96. The summed E-state index contributed by atoms with van der Waals surface area (Å²) in [6, 6.07) is 13.9. The molecule has 4 nitrogen and oxygen atoms in total. The number of benzene rings is 2. The van der Waals surface area contributed by atoms with Crippen LogP contribution in [0.1, 0.15) is 31.2 Å². The van der Waals surface area contributed by atoms with Crippen molar-refractivity contribution in [1.82, 2.24) is 4.90 Å². The van der Waals surface area contributed by atoms with Crippen LogP contribution in [0.4, 0.5) is 0 Å². The second kappa shape index (κ2) is 8.98. The summed E-state index contributed by atoms with van der Waals surface area (Å²) in [7, 11) is -1.30. The molecule has 5 heteroatoms. The first-order valence-corrected chi connectivity index (χ1v) is 11.3. The van der Waals surface area contributed by atoms with Crippen molar-refractivity contribution in [2.24, 2.45) is 0 Å². The summed E-state index contributed by atoms with van der Waals surface area (Å²) in [5.41, 5.74) is 0.907. The molecule has 1 saturated heterocycles. The molecule has 0 unspecified atom stereocenters. The van der Waals surface area contributed by atoms with Crippen LogP contribution in [0.2, 0.25) is 0 Å². The van der Waals surface area contributed by atoms with Gasteiger partial charge >= 0.3 is 0 Å². The molecule has 1 aliphatic heterocycles. The fraction of sp³-hybridized carbons (Fsp3) is 0.524. The summed E-state index contributed by atoms with van der Waals surface area (Å²) >= 11 is 0. The quantitative estimate of drug-likeness (QED) is 0.661. The lowest BCUT2D eigenvalue weighted by Crippen LogP contribution is -2.37. The van der Waals surface area contributed by atoms with Gasteiger partial charge < -0.3 is 9.64 Å². The zero-order chi connectivity index (χ0) is 18.4. The molecule has 0 radical (unpaired) electrons. The van der Waals surface area contributed by atoms with Crippen molar-refractivity contribution in [1.29, 1.82) is 0 Å². The zero-order valence-corrected chi connectivity index (χ0v) is 16.4. The maximum absolute atomic E-state index is 12.5. The Bertz CT molecular complexity index is 806. The van der Waals surface area contributed by atoms with Crippen molar-refractivity contribution in [3.8, 4) is 0 Å².